The number of esters is 2. The summed E-state index contributed by atoms with van der Waals surface area (Å²) in [6, 6.07) is 15.2. The fourth-order valence-corrected chi connectivity index (χ4v) is 2.43. The Morgan fingerprint density at radius 1 is 0.893 bits per heavy atom. The molecule has 0 amide bonds. The van der Waals surface area contributed by atoms with Crippen molar-refractivity contribution in [3.63, 3.8) is 0 Å². The first-order chi connectivity index (χ1) is 12.9. The molecule has 9 heteroatoms. The third-order valence-electron chi connectivity index (χ3n) is 3.41. The van der Waals surface area contributed by atoms with E-state index in [1.165, 1.54) is 14.2 Å². The van der Waals surface area contributed by atoms with Crippen LogP contribution in [0.1, 0.15) is 24.0 Å². The van der Waals surface area contributed by atoms with Crippen molar-refractivity contribution < 1.29 is 19.1 Å². The Bertz CT molecular complexity index is 695. The lowest BCUT2D eigenvalue weighted by atomic mass is 10.0. The van der Waals surface area contributed by atoms with Crippen LogP contribution < -0.4 is 0 Å². The molecule has 0 saturated carbocycles. The molecule has 0 saturated heterocycles. The number of rotatable bonds is 4. The number of carbonyl (C=O) groups excluding carboxylic acids is 2. The van der Waals surface area contributed by atoms with Crippen LogP contribution in [0, 0.1) is 0 Å². The maximum atomic E-state index is 11.2. The SMILES string of the molecule is COC(=O)C(C)c1ccc(Br)cc1.COC(=O)Cc1ccc(Br)cc1.I.II. The maximum Gasteiger partial charge on any atom is 0.312 e. The van der Waals surface area contributed by atoms with Crippen molar-refractivity contribution in [1.29, 1.82) is 0 Å². The second-order valence-corrected chi connectivity index (χ2v) is 7.01. The zero-order valence-corrected chi connectivity index (χ0v) is 25.3. The molecule has 0 N–H and O–H groups in total. The number of methoxy groups -OCH3 is 2. The zero-order chi connectivity index (χ0) is 20.8. The second kappa shape index (κ2) is 18.3. The Kier molecular flexibility index (Phi) is 20.1. The van der Waals surface area contributed by atoms with E-state index in [1.807, 2.05) is 55.5 Å². The van der Waals surface area contributed by atoms with Gasteiger partial charge in [-0.25, -0.2) is 0 Å². The highest BCUT2D eigenvalue weighted by molar-refractivity contribution is 15.0. The van der Waals surface area contributed by atoms with E-state index in [9.17, 15) is 9.59 Å². The summed E-state index contributed by atoms with van der Waals surface area (Å²) in [4.78, 5) is 22.0. The number of halogens is 5. The highest BCUT2D eigenvalue weighted by Gasteiger charge is 2.14. The summed E-state index contributed by atoms with van der Waals surface area (Å²) in [5.41, 5.74) is 1.93. The number of hydrogen-bond donors (Lipinski definition) is 0. The largest absolute Gasteiger partial charge is 0.469 e. The predicted molar refractivity (Wildman–Crippen MR) is 148 cm³/mol. The predicted octanol–water partition coefficient (Wildman–Crippen LogP) is 7.28. The Hall–Kier alpha value is 0.530. The van der Waals surface area contributed by atoms with Gasteiger partial charge in [-0.05, 0) is 42.3 Å². The minimum Gasteiger partial charge on any atom is -0.469 e. The van der Waals surface area contributed by atoms with Gasteiger partial charge in [-0.15, -0.1) is 24.0 Å². The highest BCUT2D eigenvalue weighted by Crippen LogP contribution is 2.19. The molecule has 156 valence electrons. The lowest BCUT2D eigenvalue weighted by Crippen LogP contribution is -2.10. The van der Waals surface area contributed by atoms with Gasteiger partial charge in [0.15, 0.2) is 0 Å². The van der Waals surface area contributed by atoms with Crippen LogP contribution >= 0.6 is 93.1 Å². The van der Waals surface area contributed by atoms with Crippen LogP contribution in [0.3, 0.4) is 0 Å². The molecule has 0 fully saturated rings. The molecule has 2 rings (SSSR count). The maximum absolute atomic E-state index is 11.2. The van der Waals surface area contributed by atoms with E-state index in [0.29, 0.717) is 6.42 Å². The van der Waals surface area contributed by atoms with Gasteiger partial charge in [-0.2, -0.15) is 0 Å². The molecule has 0 spiro atoms. The molecule has 2 aromatic carbocycles. The summed E-state index contributed by atoms with van der Waals surface area (Å²) in [5.74, 6) is -0.613. The fraction of sp³-hybridized carbons (Fsp3) is 0.263. The lowest BCUT2D eigenvalue weighted by molar-refractivity contribution is -0.142. The number of carbonyl (C=O) groups is 2. The molecule has 2 aromatic rings. The van der Waals surface area contributed by atoms with Crippen LogP contribution in [0.4, 0.5) is 0 Å². The van der Waals surface area contributed by atoms with E-state index in [-0.39, 0.29) is 41.8 Å². The monoisotopic (exact) mass is 852 g/mol. The minimum absolute atomic E-state index is 0. The molecule has 0 aromatic heterocycles. The fourth-order valence-electron chi connectivity index (χ4n) is 1.91. The van der Waals surface area contributed by atoms with Gasteiger partial charge in [0.1, 0.15) is 0 Å². The van der Waals surface area contributed by atoms with E-state index >= 15 is 0 Å². The molecule has 0 aliphatic heterocycles. The van der Waals surface area contributed by atoms with E-state index in [4.69, 9.17) is 0 Å². The first-order valence-electron chi connectivity index (χ1n) is 7.66. The van der Waals surface area contributed by atoms with Crippen LogP contribution in [-0.4, -0.2) is 26.2 Å². The summed E-state index contributed by atoms with van der Waals surface area (Å²) in [5, 5.41) is 0. The van der Waals surface area contributed by atoms with E-state index in [0.717, 1.165) is 20.1 Å². The molecule has 0 aliphatic rings. The van der Waals surface area contributed by atoms with Crippen LogP contribution in [0.2, 0.25) is 0 Å². The van der Waals surface area contributed by atoms with Crippen molar-refractivity contribution in [2.24, 2.45) is 0 Å². The molecule has 1 unspecified atom stereocenters. The molecular weight excluding hydrogens is 833 g/mol. The topological polar surface area (TPSA) is 52.6 Å². The third kappa shape index (κ3) is 13.0. The van der Waals surface area contributed by atoms with Gasteiger partial charge in [-0.3, -0.25) is 9.59 Å². The van der Waals surface area contributed by atoms with Gasteiger partial charge in [-0.1, -0.05) is 56.1 Å². The third-order valence-corrected chi connectivity index (χ3v) is 4.47. The standard InChI is InChI=1S/C10H11BrO2.C9H9BrO2.I2.HI/c1-7(10(12)13-2)8-3-5-9(11)6-4-8;1-12-9(11)6-7-2-4-8(10)5-3-7;1-2;/h3-7H,1-2H3;2-5H,6H2,1H3;;1H. The number of benzene rings is 2. The molecule has 1 atom stereocenters. The molecule has 0 radical (unpaired) electrons. The molecule has 28 heavy (non-hydrogen) atoms. The highest BCUT2D eigenvalue weighted by atomic mass is 128. The van der Waals surface area contributed by atoms with E-state index in [1.54, 1.807) is 0 Å². The molecule has 0 heterocycles. The van der Waals surface area contributed by atoms with Crippen LogP contribution in [0.25, 0.3) is 0 Å². The lowest BCUT2D eigenvalue weighted by Gasteiger charge is -2.08. The van der Waals surface area contributed by atoms with Crippen LogP contribution in [-0.2, 0) is 25.5 Å². The van der Waals surface area contributed by atoms with Crippen LogP contribution in [0.5, 0.6) is 0 Å². The minimum atomic E-state index is -0.211. The first kappa shape index (κ1) is 30.7. The van der Waals surface area contributed by atoms with Gasteiger partial charge in [0, 0.05) is 46.2 Å². The van der Waals surface area contributed by atoms with Gasteiger partial charge in [0.25, 0.3) is 0 Å². The van der Waals surface area contributed by atoms with Crippen molar-refractivity contribution in [2.75, 3.05) is 14.2 Å². The Balaban J connectivity index is 0. The van der Waals surface area contributed by atoms with Crippen molar-refractivity contribution in [1.82, 2.24) is 0 Å². The van der Waals surface area contributed by atoms with Crippen molar-refractivity contribution >= 4 is 105 Å². The second-order valence-electron chi connectivity index (χ2n) is 5.18. The summed E-state index contributed by atoms with van der Waals surface area (Å²) < 4.78 is 11.2. The van der Waals surface area contributed by atoms with Crippen molar-refractivity contribution in [2.45, 2.75) is 19.3 Å². The summed E-state index contributed by atoms with van der Waals surface area (Å²) >= 11 is 10.9. The Labute approximate surface area is 223 Å². The smallest absolute Gasteiger partial charge is 0.312 e. The Morgan fingerprint density at radius 3 is 1.71 bits per heavy atom. The van der Waals surface area contributed by atoms with Crippen LogP contribution in [0.15, 0.2) is 57.5 Å². The first-order valence-corrected chi connectivity index (χ1v) is 15.5. The summed E-state index contributed by atoms with van der Waals surface area (Å²) in [6.07, 6.45) is 0.337. The number of ether oxygens (including phenoxy) is 2. The van der Waals surface area contributed by atoms with Gasteiger partial charge < -0.3 is 9.47 Å². The summed E-state index contributed by atoms with van der Waals surface area (Å²) in [6.45, 7) is 1.83. The summed E-state index contributed by atoms with van der Waals surface area (Å²) in [7, 11) is 2.79. The van der Waals surface area contributed by atoms with Gasteiger partial charge >= 0.3 is 11.9 Å². The van der Waals surface area contributed by atoms with E-state index in [2.05, 4.69) is 78.6 Å². The van der Waals surface area contributed by atoms with Gasteiger partial charge in [0.2, 0.25) is 0 Å². The quantitative estimate of drug-likeness (QED) is 0.240. The average molecular weight is 854 g/mol. The average Bonchev–Trinajstić information content (AvgIpc) is 2.71. The molecule has 0 bridgehead atoms. The Morgan fingerprint density at radius 2 is 1.32 bits per heavy atom. The zero-order valence-electron chi connectivity index (χ0n) is 15.5. The molecular formula is C19H21Br2I3O4. The normalized spacial score (nSPS) is 9.96. The van der Waals surface area contributed by atoms with E-state index < -0.39 is 0 Å². The van der Waals surface area contributed by atoms with Crippen molar-refractivity contribution in [3.05, 3.63) is 68.6 Å². The van der Waals surface area contributed by atoms with Crippen molar-refractivity contribution in [3.8, 4) is 0 Å². The number of hydrogen-bond acceptors (Lipinski definition) is 4. The van der Waals surface area contributed by atoms with Gasteiger partial charge in [0.05, 0.1) is 26.6 Å². The molecule has 4 nitrogen and oxygen atoms in total. The molecule has 0 aliphatic carbocycles.